The summed E-state index contributed by atoms with van der Waals surface area (Å²) in [6, 6.07) is 5.55. The second kappa shape index (κ2) is 8.69. The molecule has 136 valence electrons. The summed E-state index contributed by atoms with van der Waals surface area (Å²) in [7, 11) is 0. The fourth-order valence-electron chi connectivity index (χ4n) is 2.92. The van der Waals surface area contributed by atoms with Gasteiger partial charge in [-0.05, 0) is 37.8 Å². The zero-order chi connectivity index (χ0) is 17.3. The van der Waals surface area contributed by atoms with Crippen molar-refractivity contribution in [3.63, 3.8) is 0 Å². The number of carbonyl (C=O) groups excluding carboxylic acids is 1. The fraction of sp³-hybridized carbons (Fsp3) is 0.412. The van der Waals surface area contributed by atoms with Gasteiger partial charge in [-0.25, -0.2) is 4.98 Å². The smallest absolute Gasteiger partial charge is 0.273 e. The predicted octanol–water partition coefficient (Wildman–Crippen LogP) is 4.74. The first kappa shape index (κ1) is 20.5. The van der Waals surface area contributed by atoms with E-state index < -0.39 is 0 Å². The van der Waals surface area contributed by atoms with Crippen LogP contribution in [0.4, 0.5) is 0 Å². The Morgan fingerprint density at radius 3 is 2.60 bits per heavy atom. The van der Waals surface area contributed by atoms with Crippen LogP contribution in [0.5, 0.6) is 0 Å². The van der Waals surface area contributed by atoms with E-state index in [1.54, 1.807) is 17.5 Å². The largest absolute Gasteiger partial charge is 0.337 e. The molecule has 8 heteroatoms. The van der Waals surface area contributed by atoms with Gasteiger partial charge in [0, 0.05) is 30.1 Å². The maximum Gasteiger partial charge on any atom is 0.273 e. The van der Waals surface area contributed by atoms with Crippen LogP contribution in [0.25, 0.3) is 10.6 Å². The van der Waals surface area contributed by atoms with Gasteiger partial charge in [0.1, 0.15) is 10.7 Å². The number of thiazole rings is 1. The molecule has 0 radical (unpaired) electrons. The second-order valence-corrected chi connectivity index (χ2v) is 7.83. The minimum absolute atomic E-state index is 0. The lowest BCUT2D eigenvalue weighted by Crippen LogP contribution is -2.42. The number of aromatic nitrogens is 1. The van der Waals surface area contributed by atoms with Crippen molar-refractivity contribution in [2.45, 2.75) is 25.8 Å². The molecule has 0 bridgehead atoms. The molecule has 1 saturated heterocycles. The van der Waals surface area contributed by atoms with Crippen LogP contribution in [0.2, 0.25) is 10.0 Å². The Morgan fingerprint density at radius 1 is 1.32 bits per heavy atom. The SMILES string of the molecule is CC(N)C1CCN(C(=O)c2csc(-c3ccc(Cl)c(Cl)c3)n2)CC1.Cl. The molecule has 1 amide bonds. The molecule has 1 aliphatic rings. The van der Waals surface area contributed by atoms with Gasteiger partial charge < -0.3 is 10.6 Å². The van der Waals surface area contributed by atoms with Gasteiger partial charge in [-0.1, -0.05) is 29.3 Å². The molecule has 1 fully saturated rings. The monoisotopic (exact) mass is 419 g/mol. The molecule has 1 aliphatic heterocycles. The van der Waals surface area contributed by atoms with Crippen molar-refractivity contribution in [3.05, 3.63) is 39.3 Å². The van der Waals surface area contributed by atoms with E-state index in [1.165, 1.54) is 11.3 Å². The van der Waals surface area contributed by atoms with Gasteiger partial charge in [0.25, 0.3) is 5.91 Å². The van der Waals surface area contributed by atoms with E-state index in [0.717, 1.165) is 36.5 Å². The van der Waals surface area contributed by atoms with Crippen LogP contribution >= 0.6 is 46.9 Å². The van der Waals surface area contributed by atoms with Crippen LogP contribution in [0.1, 0.15) is 30.3 Å². The molecule has 4 nitrogen and oxygen atoms in total. The average molecular weight is 421 g/mol. The summed E-state index contributed by atoms with van der Waals surface area (Å²) in [5.41, 5.74) is 7.31. The number of likely N-dealkylation sites (tertiary alicyclic amines) is 1. The zero-order valence-corrected chi connectivity index (χ0v) is 16.9. The molecule has 1 unspecified atom stereocenters. The number of hydrogen-bond donors (Lipinski definition) is 1. The van der Waals surface area contributed by atoms with Gasteiger partial charge in [0.2, 0.25) is 0 Å². The van der Waals surface area contributed by atoms with Gasteiger partial charge in [0.15, 0.2) is 0 Å². The molecular formula is C17H20Cl3N3OS. The van der Waals surface area contributed by atoms with Crippen LogP contribution in [0, 0.1) is 5.92 Å². The van der Waals surface area contributed by atoms with Crippen LogP contribution < -0.4 is 5.73 Å². The average Bonchev–Trinajstić information content (AvgIpc) is 3.07. The minimum Gasteiger partial charge on any atom is -0.337 e. The normalized spacial score (nSPS) is 16.4. The Morgan fingerprint density at radius 2 is 2.00 bits per heavy atom. The highest BCUT2D eigenvalue weighted by atomic mass is 35.5. The third-order valence-electron chi connectivity index (χ3n) is 4.46. The molecule has 0 spiro atoms. The number of amides is 1. The number of benzene rings is 1. The second-order valence-electron chi connectivity index (χ2n) is 6.16. The molecule has 0 aliphatic carbocycles. The maximum atomic E-state index is 12.6. The van der Waals surface area contributed by atoms with E-state index in [1.807, 2.05) is 17.9 Å². The molecule has 1 aromatic heterocycles. The third-order valence-corrected chi connectivity index (χ3v) is 6.09. The van der Waals surface area contributed by atoms with Crippen LogP contribution in [-0.2, 0) is 0 Å². The summed E-state index contributed by atoms with van der Waals surface area (Å²) in [5, 5.41) is 3.56. The van der Waals surface area contributed by atoms with Gasteiger partial charge in [0.05, 0.1) is 10.0 Å². The first-order chi connectivity index (χ1) is 11.5. The Hall–Kier alpha value is -0.850. The number of hydrogen-bond acceptors (Lipinski definition) is 4. The van der Waals surface area contributed by atoms with Crippen molar-refractivity contribution in [2.24, 2.45) is 11.7 Å². The molecule has 2 N–H and O–H groups in total. The Labute approximate surface area is 167 Å². The van der Waals surface area contributed by atoms with Crippen LogP contribution in [0.15, 0.2) is 23.6 Å². The van der Waals surface area contributed by atoms with Crippen LogP contribution in [0.3, 0.4) is 0 Å². The quantitative estimate of drug-likeness (QED) is 0.780. The number of carbonyl (C=O) groups is 1. The van der Waals surface area contributed by atoms with Crippen molar-refractivity contribution in [2.75, 3.05) is 13.1 Å². The maximum absolute atomic E-state index is 12.6. The molecular weight excluding hydrogens is 401 g/mol. The minimum atomic E-state index is -0.0133. The summed E-state index contributed by atoms with van der Waals surface area (Å²) in [6.45, 7) is 3.52. The van der Waals surface area contributed by atoms with E-state index in [9.17, 15) is 4.79 Å². The number of nitrogens with two attached hydrogens (primary N) is 1. The molecule has 25 heavy (non-hydrogen) atoms. The first-order valence-corrected chi connectivity index (χ1v) is 9.55. The Bertz CT molecular complexity index is 742. The zero-order valence-electron chi connectivity index (χ0n) is 13.7. The van der Waals surface area contributed by atoms with Crippen molar-refractivity contribution >= 4 is 52.9 Å². The summed E-state index contributed by atoms with van der Waals surface area (Å²) in [5.74, 6) is 0.483. The topological polar surface area (TPSA) is 59.2 Å². The van der Waals surface area contributed by atoms with Crippen molar-refractivity contribution < 1.29 is 4.79 Å². The first-order valence-electron chi connectivity index (χ1n) is 7.91. The lowest BCUT2D eigenvalue weighted by molar-refractivity contribution is 0.0676. The van der Waals surface area contributed by atoms with Crippen molar-refractivity contribution in [3.8, 4) is 10.6 Å². The van der Waals surface area contributed by atoms with Crippen molar-refractivity contribution in [1.29, 1.82) is 0 Å². The molecule has 0 saturated carbocycles. The molecule has 2 aromatic rings. The number of nitrogens with zero attached hydrogens (tertiary/aromatic N) is 2. The molecule has 2 heterocycles. The van der Waals surface area contributed by atoms with Gasteiger partial charge in [-0.2, -0.15) is 0 Å². The standard InChI is InChI=1S/C17H19Cl2N3OS.ClH/c1-10(20)11-4-6-22(7-5-11)17(23)15-9-24-16(21-15)12-2-3-13(18)14(19)8-12;/h2-3,8-11H,4-7,20H2,1H3;1H. The van der Waals surface area contributed by atoms with Gasteiger partial charge >= 0.3 is 0 Å². The lowest BCUT2D eigenvalue weighted by atomic mass is 9.91. The summed E-state index contributed by atoms with van der Waals surface area (Å²) < 4.78 is 0. The fourth-order valence-corrected chi connectivity index (χ4v) is 4.01. The third kappa shape index (κ3) is 4.66. The van der Waals surface area contributed by atoms with E-state index in [0.29, 0.717) is 21.7 Å². The van der Waals surface area contributed by atoms with E-state index >= 15 is 0 Å². The van der Waals surface area contributed by atoms with Crippen molar-refractivity contribution in [1.82, 2.24) is 9.88 Å². The predicted molar refractivity (Wildman–Crippen MR) is 107 cm³/mol. The molecule has 1 atom stereocenters. The number of rotatable bonds is 3. The highest BCUT2D eigenvalue weighted by Gasteiger charge is 2.26. The highest BCUT2D eigenvalue weighted by molar-refractivity contribution is 7.13. The van der Waals surface area contributed by atoms with E-state index in [4.69, 9.17) is 28.9 Å². The number of piperidine rings is 1. The summed E-state index contributed by atoms with van der Waals surface area (Å²) in [6.07, 6.45) is 1.90. The Kier molecular flexibility index (Phi) is 7.11. The van der Waals surface area contributed by atoms with E-state index in [-0.39, 0.29) is 24.4 Å². The molecule has 1 aromatic carbocycles. The molecule has 3 rings (SSSR count). The summed E-state index contributed by atoms with van der Waals surface area (Å²) in [4.78, 5) is 19.0. The number of halogens is 3. The van der Waals surface area contributed by atoms with Crippen LogP contribution in [-0.4, -0.2) is 34.9 Å². The highest BCUT2D eigenvalue weighted by Crippen LogP contribution is 2.31. The van der Waals surface area contributed by atoms with Gasteiger partial charge in [-0.3, -0.25) is 4.79 Å². The lowest BCUT2D eigenvalue weighted by Gasteiger charge is -2.33. The van der Waals surface area contributed by atoms with E-state index in [2.05, 4.69) is 4.98 Å². The summed E-state index contributed by atoms with van der Waals surface area (Å²) >= 11 is 13.4. The van der Waals surface area contributed by atoms with Gasteiger partial charge in [-0.15, -0.1) is 23.7 Å². The Balaban J connectivity index is 0.00000225.